The molecule has 2 aromatic rings. The Hall–Kier alpha value is -2.90. The van der Waals surface area contributed by atoms with Crippen LogP contribution in [-0.2, 0) is 16.1 Å². The van der Waals surface area contributed by atoms with Gasteiger partial charge in [-0.2, -0.15) is 8.78 Å². The molecule has 0 unspecified atom stereocenters. The maximum Gasteiger partial charge on any atom is 0.387 e. The van der Waals surface area contributed by atoms with Crippen molar-refractivity contribution in [2.75, 3.05) is 11.9 Å². The minimum atomic E-state index is -2.90. The lowest BCUT2D eigenvalue weighted by Gasteiger charge is -2.11. The lowest BCUT2D eigenvalue weighted by Crippen LogP contribution is -2.20. The number of alkyl halides is 2. The number of hydrogen-bond donors (Lipinski definition) is 1. The molecular formula is C18H20F2N2O4. The van der Waals surface area contributed by atoms with Crippen LogP contribution in [0.1, 0.15) is 28.7 Å². The van der Waals surface area contributed by atoms with E-state index in [9.17, 15) is 18.4 Å². The largest absolute Gasteiger partial charge is 0.462 e. The number of ether oxygens (including phenoxy) is 2. The molecule has 0 spiro atoms. The second-order valence-electron chi connectivity index (χ2n) is 5.54. The summed E-state index contributed by atoms with van der Waals surface area (Å²) in [6, 6.07) is 7.29. The molecule has 0 fully saturated rings. The van der Waals surface area contributed by atoms with Crippen LogP contribution in [0.3, 0.4) is 0 Å². The van der Waals surface area contributed by atoms with Crippen LogP contribution in [0.15, 0.2) is 30.3 Å². The Morgan fingerprint density at radius 1 is 1.19 bits per heavy atom. The Bertz CT molecular complexity index is 785. The number of anilines is 1. The van der Waals surface area contributed by atoms with Gasteiger partial charge in [0.05, 0.1) is 12.2 Å². The number of esters is 1. The number of hydrogen-bond acceptors (Lipinski definition) is 4. The Kier molecular flexibility index (Phi) is 6.32. The fourth-order valence-corrected chi connectivity index (χ4v) is 2.52. The molecule has 0 atom stereocenters. The highest BCUT2D eigenvalue weighted by Crippen LogP contribution is 2.19. The summed E-state index contributed by atoms with van der Waals surface area (Å²) < 4.78 is 35.2. The molecule has 0 aliphatic carbocycles. The van der Waals surface area contributed by atoms with Gasteiger partial charge in [-0.05, 0) is 51.1 Å². The lowest BCUT2D eigenvalue weighted by atomic mass is 10.2. The Morgan fingerprint density at radius 2 is 1.85 bits per heavy atom. The van der Waals surface area contributed by atoms with Gasteiger partial charge in [0.2, 0.25) is 5.91 Å². The van der Waals surface area contributed by atoms with Gasteiger partial charge in [-0.15, -0.1) is 0 Å². The summed E-state index contributed by atoms with van der Waals surface area (Å²) in [6.07, 6.45) is 0. The van der Waals surface area contributed by atoms with Crippen molar-refractivity contribution in [2.24, 2.45) is 0 Å². The van der Waals surface area contributed by atoms with E-state index in [1.165, 1.54) is 24.3 Å². The van der Waals surface area contributed by atoms with E-state index in [2.05, 4.69) is 10.1 Å². The number of nitrogens with one attached hydrogen (secondary N) is 1. The number of benzene rings is 1. The first-order valence-corrected chi connectivity index (χ1v) is 8.00. The first-order chi connectivity index (χ1) is 12.3. The summed E-state index contributed by atoms with van der Waals surface area (Å²) in [5, 5.41) is 2.67. The molecular weight excluding hydrogens is 346 g/mol. The monoisotopic (exact) mass is 366 g/mol. The van der Waals surface area contributed by atoms with Gasteiger partial charge in [-0.3, -0.25) is 4.79 Å². The topological polar surface area (TPSA) is 69.6 Å². The number of halogens is 2. The molecule has 26 heavy (non-hydrogen) atoms. The number of rotatable bonds is 7. The molecule has 6 nitrogen and oxygen atoms in total. The van der Waals surface area contributed by atoms with E-state index in [0.29, 0.717) is 16.9 Å². The molecule has 1 aromatic heterocycles. The van der Waals surface area contributed by atoms with Gasteiger partial charge in [-0.25, -0.2) is 4.79 Å². The molecule has 1 amide bonds. The third-order valence-electron chi connectivity index (χ3n) is 3.73. The zero-order valence-corrected chi connectivity index (χ0v) is 14.7. The number of nitrogens with zero attached hydrogens (tertiary/aromatic N) is 1. The van der Waals surface area contributed by atoms with Crippen molar-refractivity contribution in [3.63, 3.8) is 0 Å². The first kappa shape index (κ1) is 19.4. The van der Waals surface area contributed by atoms with Crippen LogP contribution < -0.4 is 10.1 Å². The van der Waals surface area contributed by atoms with Crippen LogP contribution in [0.2, 0.25) is 0 Å². The van der Waals surface area contributed by atoms with Gasteiger partial charge in [0.25, 0.3) is 0 Å². The van der Waals surface area contributed by atoms with E-state index in [1.807, 2.05) is 0 Å². The highest BCUT2D eigenvalue weighted by molar-refractivity contribution is 5.93. The van der Waals surface area contributed by atoms with E-state index in [1.54, 1.807) is 31.4 Å². The van der Waals surface area contributed by atoms with E-state index < -0.39 is 12.6 Å². The van der Waals surface area contributed by atoms with Crippen LogP contribution in [0, 0.1) is 13.8 Å². The number of carbonyl (C=O) groups is 2. The minimum absolute atomic E-state index is 0.00631. The van der Waals surface area contributed by atoms with Crippen LogP contribution >= 0.6 is 0 Å². The summed E-state index contributed by atoms with van der Waals surface area (Å²) in [5.41, 5.74) is 2.26. The number of carbonyl (C=O) groups excluding carboxylic acids is 2. The molecule has 8 heteroatoms. The average molecular weight is 366 g/mol. The summed E-state index contributed by atoms with van der Waals surface area (Å²) in [5.74, 6) is -0.735. The molecule has 1 aromatic carbocycles. The van der Waals surface area contributed by atoms with Crippen molar-refractivity contribution in [3.05, 3.63) is 47.3 Å². The smallest absolute Gasteiger partial charge is 0.387 e. The molecule has 0 saturated heterocycles. The highest BCUT2D eigenvalue weighted by atomic mass is 19.3. The van der Waals surface area contributed by atoms with Crippen molar-refractivity contribution in [1.29, 1.82) is 0 Å². The number of amides is 1. The number of aromatic nitrogens is 1. The van der Waals surface area contributed by atoms with E-state index in [4.69, 9.17) is 4.74 Å². The van der Waals surface area contributed by atoms with Gasteiger partial charge in [0, 0.05) is 17.1 Å². The van der Waals surface area contributed by atoms with Crippen molar-refractivity contribution in [1.82, 2.24) is 4.57 Å². The maximum atomic E-state index is 12.3. The molecule has 1 heterocycles. The van der Waals surface area contributed by atoms with Crippen LogP contribution in [-0.4, -0.2) is 29.7 Å². The SMILES string of the molecule is CCOC(=O)c1cc(C)n(CC(=O)Nc2ccc(OC(F)F)cc2)c1C. The normalized spacial score (nSPS) is 10.7. The first-order valence-electron chi connectivity index (χ1n) is 8.00. The molecule has 0 saturated carbocycles. The third kappa shape index (κ3) is 4.81. The van der Waals surface area contributed by atoms with Crippen molar-refractivity contribution in [2.45, 2.75) is 33.9 Å². The number of aryl methyl sites for hydroxylation is 1. The fourth-order valence-electron chi connectivity index (χ4n) is 2.52. The Labute approximate surface area is 149 Å². The maximum absolute atomic E-state index is 12.3. The fraction of sp³-hybridized carbons (Fsp3) is 0.333. The minimum Gasteiger partial charge on any atom is -0.462 e. The molecule has 2 rings (SSSR count). The van der Waals surface area contributed by atoms with Gasteiger partial charge in [0.1, 0.15) is 12.3 Å². The quantitative estimate of drug-likeness (QED) is 0.761. The van der Waals surface area contributed by atoms with Crippen LogP contribution in [0.5, 0.6) is 5.75 Å². The van der Waals surface area contributed by atoms with Gasteiger partial charge >= 0.3 is 12.6 Å². The molecule has 140 valence electrons. The summed E-state index contributed by atoms with van der Waals surface area (Å²) in [6.45, 7) is 2.63. The summed E-state index contributed by atoms with van der Waals surface area (Å²) >= 11 is 0. The van der Waals surface area contributed by atoms with E-state index in [0.717, 1.165) is 5.69 Å². The zero-order valence-electron chi connectivity index (χ0n) is 14.7. The molecule has 0 radical (unpaired) electrons. The van der Waals surface area contributed by atoms with Crippen molar-refractivity contribution >= 4 is 17.6 Å². The van der Waals surface area contributed by atoms with E-state index in [-0.39, 0.29) is 24.8 Å². The van der Waals surface area contributed by atoms with Gasteiger partial charge < -0.3 is 19.4 Å². The molecule has 0 aliphatic rings. The lowest BCUT2D eigenvalue weighted by molar-refractivity contribution is -0.116. The average Bonchev–Trinajstić information content (AvgIpc) is 2.84. The highest BCUT2D eigenvalue weighted by Gasteiger charge is 2.18. The summed E-state index contributed by atoms with van der Waals surface area (Å²) in [7, 11) is 0. The van der Waals surface area contributed by atoms with Crippen molar-refractivity contribution < 1.29 is 27.8 Å². The molecule has 0 aliphatic heterocycles. The Morgan fingerprint density at radius 3 is 2.42 bits per heavy atom. The second kappa shape index (κ2) is 8.46. The molecule has 1 N–H and O–H groups in total. The van der Waals surface area contributed by atoms with Gasteiger partial charge in [0.15, 0.2) is 0 Å². The van der Waals surface area contributed by atoms with E-state index >= 15 is 0 Å². The second-order valence-corrected chi connectivity index (χ2v) is 5.54. The summed E-state index contributed by atoms with van der Waals surface area (Å²) in [4.78, 5) is 24.2. The van der Waals surface area contributed by atoms with Gasteiger partial charge in [-0.1, -0.05) is 0 Å². The third-order valence-corrected chi connectivity index (χ3v) is 3.73. The van der Waals surface area contributed by atoms with Crippen LogP contribution in [0.25, 0.3) is 0 Å². The van der Waals surface area contributed by atoms with Crippen molar-refractivity contribution in [3.8, 4) is 5.75 Å². The Balaban J connectivity index is 2.05. The predicted octanol–water partition coefficient (Wildman–Crippen LogP) is 3.52. The molecule has 0 bridgehead atoms. The zero-order chi connectivity index (χ0) is 19.3. The standard InChI is InChI=1S/C18H20F2N2O4/c1-4-25-17(24)15-9-11(2)22(12(15)3)10-16(23)21-13-5-7-14(8-6-13)26-18(19)20/h5-9,18H,4,10H2,1-3H3,(H,21,23). The predicted molar refractivity (Wildman–Crippen MR) is 91.6 cm³/mol. The van der Waals surface area contributed by atoms with Crippen LogP contribution in [0.4, 0.5) is 14.5 Å².